The fourth-order valence-corrected chi connectivity index (χ4v) is 3.27. The Balaban J connectivity index is 1.73. The first kappa shape index (κ1) is 19.9. The molecule has 1 atom stereocenters. The Morgan fingerprint density at radius 3 is 2.58 bits per heavy atom. The molecular formula is C19H24FN3O2S. The lowest BCUT2D eigenvalue weighted by atomic mass is 10.3. The summed E-state index contributed by atoms with van der Waals surface area (Å²) in [5.74, 6) is 1.03. The molecule has 5 nitrogen and oxygen atoms in total. The van der Waals surface area contributed by atoms with Gasteiger partial charge in [0, 0.05) is 31.3 Å². The van der Waals surface area contributed by atoms with Gasteiger partial charge in [0.1, 0.15) is 6.61 Å². The molecule has 2 rings (SSSR count). The van der Waals surface area contributed by atoms with E-state index in [9.17, 15) is 8.60 Å². The third-order valence-electron chi connectivity index (χ3n) is 3.67. The second-order valence-corrected chi connectivity index (χ2v) is 7.11. The van der Waals surface area contributed by atoms with E-state index >= 15 is 0 Å². The van der Waals surface area contributed by atoms with E-state index in [0.717, 1.165) is 4.90 Å². The van der Waals surface area contributed by atoms with Crippen LogP contribution < -0.4 is 10.1 Å². The highest BCUT2D eigenvalue weighted by molar-refractivity contribution is 7.85. The zero-order valence-electron chi connectivity index (χ0n) is 15.0. The van der Waals surface area contributed by atoms with Crippen LogP contribution in [0.1, 0.15) is 0 Å². The summed E-state index contributed by atoms with van der Waals surface area (Å²) < 4.78 is 31.2. The van der Waals surface area contributed by atoms with Crippen LogP contribution in [0.15, 0.2) is 64.5 Å². The molecule has 1 unspecified atom stereocenters. The number of guanidine groups is 1. The molecule has 0 heterocycles. The van der Waals surface area contributed by atoms with Gasteiger partial charge in [0.2, 0.25) is 0 Å². The minimum atomic E-state index is -1.05. The standard InChI is InChI=1S/C19H24FN3O2S/c1-21-19(22-12-15-26(24)16-8-4-3-5-9-16)23(2)13-14-25-18-11-7-6-10-17(18)20/h3-11H,12-15H2,1-2H3,(H,21,22). The van der Waals surface area contributed by atoms with Gasteiger partial charge >= 0.3 is 0 Å². The van der Waals surface area contributed by atoms with Crippen molar-refractivity contribution >= 4 is 16.8 Å². The molecule has 1 N–H and O–H groups in total. The SMILES string of the molecule is CN=C(NCCS(=O)c1ccccc1)N(C)CCOc1ccccc1F. The molecule has 2 aromatic carbocycles. The number of nitrogens with one attached hydrogen (secondary N) is 1. The van der Waals surface area contributed by atoms with Crippen molar-refractivity contribution < 1.29 is 13.3 Å². The average Bonchev–Trinajstić information content (AvgIpc) is 2.67. The molecule has 7 heteroatoms. The number of aliphatic imine (C=N–C) groups is 1. The summed E-state index contributed by atoms with van der Waals surface area (Å²) in [4.78, 5) is 6.90. The molecule has 0 aromatic heterocycles. The Morgan fingerprint density at radius 2 is 1.88 bits per heavy atom. The Morgan fingerprint density at radius 1 is 1.19 bits per heavy atom. The van der Waals surface area contributed by atoms with E-state index in [1.54, 1.807) is 25.2 Å². The maximum atomic E-state index is 13.5. The highest BCUT2D eigenvalue weighted by atomic mass is 32.2. The number of likely N-dealkylation sites (N-methyl/N-ethyl adjacent to an activating group) is 1. The van der Waals surface area contributed by atoms with Gasteiger partial charge < -0.3 is 15.0 Å². The molecule has 0 aliphatic heterocycles. The van der Waals surface area contributed by atoms with Crippen molar-refractivity contribution in [2.75, 3.05) is 39.5 Å². The zero-order chi connectivity index (χ0) is 18.8. The van der Waals surface area contributed by atoms with Crippen LogP contribution in [0.25, 0.3) is 0 Å². The maximum absolute atomic E-state index is 13.5. The topological polar surface area (TPSA) is 53.9 Å². The van der Waals surface area contributed by atoms with Gasteiger partial charge in [0.25, 0.3) is 0 Å². The number of benzene rings is 2. The summed E-state index contributed by atoms with van der Waals surface area (Å²) in [6.45, 7) is 1.40. The van der Waals surface area contributed by atoms with Gasteiger partial charge in [0.15, 0.2) is 17.5 Å². The smallest absolute Gasteiger partial charge is 0.193 e. The van der Waals surface area contributed by atoms with Gasteiger partial charge in [-0.25, -0.2) is 4.39 Å². The molecule has 2 aromatic rings. The first-order chi connectivity index (χ1) is 12.6. The molecule has 0 amide bonds. The molecule has 0 aliphatic rings. The van der Waals surface area contributed by atoms with Crippen LogP contribution in [0, 0.1) is 5.82 Å². The molecule has 140 valence electrons. The van der Waals surface area contributed by atoms with Gasteiger partial charge in [-0.3, -0.25) is 9.20 Å². The van der Waals surface area contributed by atoms with Crippen molar-refractivity contribution in [1.29, 1.82) is 0 Å². The Kier molecular flexibility index (Phi) is 8.08. The molecule has 0 bridgehead atoms. The van der Waals surface area contributed by atoms with Crippen LogP contribution in [0.4, 0.5) is 4.39 Å². The normalized spacial score (nSPS) is 12.5. The summed E-state index contributed by atoms with van der Waals surface area (Å²) in [6, 6.07) is 15.7. The van der Waals surface area contributed by atoms with E-state index in [1.807, 2.05) is 42.3 Å². The van der Waals surface area contributed by atoms with Gasteiger partial charge in [0.05, 0.1) is 17.3 Å². The predicted octanol–water partition coefficient (Wildman–Crippen LogP) is 2.52. The van der Waals surface area contributed by atoms with Gasteiger partial charge in [-0.2, -0.15) is 0 Å². The molecule has 0 spiro atoms. The number of nitrogens with zero attached hydrogens (tertiary/aromatic N) is 2. The molecule has 0 radical (unpaired) electrons. The van der Waals surface area contributed by atoms with E-state index in [4.69, 9.17) is 4.74 Å². The number of ether oxygens (including phenoxy) is 1. The van der Waals surface area contributed by atoms with E-state index in [-0.39, 0.29) is 11.6 Å². The second kappa shape index (κ2) is 10.6. The van der Waals surface area contributed by atoms with Gasteiger partial charge in [-0.15, -0.1) is 0 Å². The van der Waals surface area contributed by atoms with E-state index < -0.39 is 10.8 Å². The van der Waals surface area contributed by atoms with Crippen LogP contribution in [0.5, 0.6) is 5.75 Å². The predicted molar refractivity (Wildman–Crippen MR) is 104 cm³/mol. The van der Waals surface area contributed by atoms with E-state index in [1.165, 1.54) is 6.07 Å². The molecule has 0 fully saturated rings. The van der Waals surface area contributed by atoms with Crippen LogP contribution in [0.2, 0.25) is 0 Å². The Labute approximate surface area is 156 Å². The fraction of sp³-hybridized carbons (Fsp3) is 0.316. The highest BCUT2D eigenvalue weighted by Gasteiger charge is 2.08. The molecule has 0 saturated heterocycles. The monoisotopic (exact) mass is 377 g/mol. The Hall–Kier alpha value is -2.41. The van der Waals surface area contributed by atoms with Crippen LogP contribution in [-0.2, 0) is 10.8 Å². The number of halogens is 1. The minimum Gasteiger partial charge on any atom is -0.489 e. The summed E-state index contributed by atoms with van der Waals surface area (Å²) in [7, 11) is 2.50. The van der Waals surface area contributed by atoms with E-state index in [0.29, 0.717) is 31.4 Å². The van der Waals surface area contributed by atoms with Crippen molar-refractivity contribution in [3.05, 3.63) is 60.4 Å². The lowest BCUT2D eigenvalue weighted by Gasteiger charge is -2.22. The third kappa shape index (κ3) is 6.15. The largest absolute Gasteiger partial charge is 0.489 e. The van der Waals surface area contributed by atoms with Crippen molar-refractivity contribution in [3.63, 3.8) is 0 Å². The van der Waals surface area contributed by atoms with Crippen LogP contribution >= 0.6 is 0 Å². The van der Waals surface area contributed by atoms with Crippen molar-refractivity contribution in [2.45, 2.75) is 4.90 Å². The number of rotatable bonds is 8. The highest BCUT2D eigenvalue weighted by Crippen LogP contribution is 2.14. The number of hydrogen-bond acceptors (Lipinski definition) is 3. The average molecular weight is 377 g/mol. The lowest BCUT2D eigenvalue weighted by molar-refractivity contribution is 0.270. The number of hydrogen-bond donors (Lipinski definition) is 1. The first-order valence-electron chi connectivity index (χ1n) is 8.34. The molecule has 0 aliphatic carbocycles. The summed E-state index contributed by atoms with van der Waals surface area (Å²) in [5, 5.41) is 3.18. The van der Waals surface area contributed by atoms with Gasteiger partial charge in [-0.1, -0.05) is 30.3 Å². The first-order valence-corrected chi connectivity index (χ1v) is 9.66. The summed E-state index contributed by atoms with van der Waals surface area (Å²) in [6.07, 6.45) is 0. The van der Waals surface area contributed by atoms with Crippen molar-refractivity contribution in [1.82, 2.24) is 10.2 Å². The lowest BCUT2D eigenvalue weighted by Crippen LogP contribution is -2.42. The van der Waals surface area contributed by atoms with Crippen LogP contribution in [-0.4, -0.2) is 54.6 Å². The van der Waals surface area contributed by atoms with Crippen molar-refractivity contribution in [3.8, 4) is 5.75 Å². The summed E-state index contributed by atoms with van der Waals surface area (Å²) >= 11 is 0. The van der Waals surface area contributed by atoms with Gasteiger partial charge in [-0.05, 0) is 24.3 Å². The second-order valence-electron chi connectivity index (χ2n) is 5.54. The molecule has 26 heavy (non-hydrogen) atoms. The quantitative estimate of drug-likeness (QED) is 0.567. The van der Waals surface area contributed by atoms with Crippen LogP contribution in [0.3, 0.4) is 0 Å². The maximum Gasteiger partial charge on any atom is 0.193 e. The number of para-hydroxylation sites is 1. The van der Waals surface area contributed by atoms with Crippen molar-refractivity contribution in [2.24, 2.45) is 4.99 Å². The van der Waals surface area contributed by atoms with E-state index in [2.05, 4.69) is 10.3 Å². The zero-order valence-corrected chi connectivity index (χ0v) is 15.8. The molecule has 0 saturated carbocycles. The third-order valence-corrected chi connectivity index (χ3v) is 5.04. The fourth-order valence-electron chi connectivity index (χ4n) is 2.29. The minimum absolute atomic E-state index is 0.238. The molecular weight excluding hydrogens is 353 g/mol. The summed E-state index contributed by atoms with van der Waals surface area (Å²) in [5.41, 5.74) is 0. The Bertz CT molecular complexity index is 741.